The van der Waals surface area contributed by atoms with Crippen LogP contribution < -0.4 is 10.6 Å². The first kappa shape index (κ1) is 26.9. The first-order chi connectivity index (χ1) is 12.4. The molecule has 1 saturated heterocycles. The van der Waals surface area contributed by atoms with E-state index in [1.807, 2.05) is 0 Å². The molecule has 1 fully saturated rings. The lowest BCUT2D eigenvalue weighted by Crippen LogP contribution is -2.47. The summed E-state index contributed by atoms with van der Waals surface area (Å²) >= 11 is 0. The summed E-state index contributed by atoms with van der Waals surface area (Å²) in [7, 11) is 0. The van der Waals surface area contributed by atoms with Gasteiger partial charge in [0.1, 0.15) is 0 Å². The lowest BCUT2D eigenvalue weighted by molar-refractivity contribution is 0.125. The highest BCUT2D eigenvalue weighted by Crippen LogP contribution is 2.09. The summed E-state index contributed by atoms with van der Waals surface area (Å²) in [5.74, 6) is 2.37. The van der Waals surface area contributed by atoms with Crippen molar-refractivity contribution in [2.75, 3.05) is 52.4 Å². The van der Waals surface area contributed by atoms with Gasteiger partial charge in [-0.25, -0.2) is 0 Å². The number of nitrogens with zero attached hydrogens (tertiary/aromatic N) is 3. The monoisotopic (exact) mass is 495 g/mol. The number of piperazine rings is 1. The van der Waals surface area contributed by atoms with Gasteiger partial charge < -0.3 is 20.4 Å². The molecule has 0 bridgehead atoms. The molecular weight excluding hydrogens is 449 g/mol. The van der Waals surface area contributed by atoms with E-state index in [1.165, 1.54) is 52.0 Å². The summed E-state index contributed by atoms with van der Waals surface area (Å²) in [5, 5.41) is 6.99. The number of hydrogen-bond acceptors (Lipinski definition) is 3. The molecule has 0 aromatic carbocycles. The molecule has 1 aliphatic heterocycles. The Kier molecular flexibility index (Phi) is 15.8. The summed E-state index contributed by atoms with van der Waals surface area (Å²) in [4.78, 5) is 9.98. The Bertz CT molecular complexity index is 381. The van der Waals surface area contributed by atoms with Crippen molar-refractivity contribution in [3.63, 3.8) is 0 Å². The van der Waals surface area contributed by atoms with Crippen LogP contribution in [0.3, 0.4) is 0 Å². The molecule has 1 rings (SSSR count). The Labute approximate surface area is 186 Å². The fraction of sp³-hybridized carbons (Fsp3) is 0.952. The molecular formula is C21H46IN5. The van der Waals surface area contributed by atoms with Crippen molar-refractivity contribution >= 4 is 29.9 Å². The Balaban J connectivity index is 0.00000676. The molecule has 0 amide bonds. The summed E-state index contributed by atoms with van der Waals surface area (Å²) in [6, 6.07) is 0.476. The van der Waals surface area contributed by atoms with Gasteiger partial charge in [-0.05, 0) is 38.6 Å². The van der Waals surface area contributed by atoms with E-state index in [2.05, 4.69) is 62.0 Å². The van der Waals surface area contributed by atoms with Crippen molar-refractivity contribution in [2.24, 2.45) is 16.8 Å². The number of rotatable bonds is 11. The Morgan fingerprint density at radius 3 is 2.15 bits per heavy atom. The third-order valence-corrected chi connectivity index (χ3v) is 5.19. The third-order valence-electron chi connectivity index (χ3n) is 5.19. The van der Waals surface area contributed by atoms with Crippen LogP contribution in [0.5, 0.6) is 0 Å². The molecule has 2 unspecified atom stereocenters. The topological polar surface area (TPSA) is 42.9 Å². The zero-order valence-electron chi connectivity index (χ0n) is 18.8. The van der Waals surface area contributed by atoms with Crippen LogP contribution in [0, 0.1) is 11.8 Å². The molecule has 0 radical (unpaired) electrons. The van der Waals surface area contributed by atoms with E-state index in [0.29, 0.717) is 12.0 Å². The fourth-order valence-electron chi connectivity index (χ4n) is 3.49. The van der Waals surface area contributed by atoms with E-state index in [9.17, 15) is 0 Å². The van der Waals surface area contributed by atoms with E-state index in [4.69, 9.17) is 4.99 Å². The molecule has 0 spiro atoms. The molecule has 6 heteroatoms. The number of guanidine groups is 1. The highest BCUT2D eigenvalue weighted by molar-refractivity contribution is 14.0. The van der Waals surface area contributed by atoms with Crippen LogP contribution in [-0.4, -0.2) is 74.2 Å². The van der Waals surface area contributed by atoms with Gasteiger partial charge in [0.05, 0.1) is 0 Å². The van der Waals surface area contributed by atoms with Gasteiger partial charge in [0, 0.05) is 51.9 Å². The molecule has 0 saturated carbocycles. The minimum Gasteiger partial charge on any atom is -0.357 e. The van der Waals surface area contributed by atoms with Crippen LogP contribution in [0.15, 0.2) is 4.99 Å². The molecule has 162 valence electrons. The van der Waals surface area contributed by atoms with Crippen molar-refractivity contribution in [3.05, 3.63) is 0 Å². The van der Waals surface area contributed by atoms with Gasteiger partial charge in [-0.15, -0.1) is 24.0 Å². The average Bonchev–Trinajstić information content (AvgIpc) is 2.60. The second kappa shape index (κ2) is 15.8. The third kappa shape index (κ3) is 12.9. The molecule has 27 heavy (non-hydrogen) atoms. The maximum absolute atomic E-state index is 4.85. The zero-order chi connectivity index (χ0) is 19.4. The quantitative estimate of drug-likeness (QED) is 0.261. The summed E-state index contributed by atoms with van der Waals surface area (Å²) in [5.41, 5.74) is 0. The van der Waals surface area contributed by atoms with Crippen LogP contribution in [0.2, 0.25) is 0 Å². The molecule has 1 aliphatic rings. The minimum atomic E-state index is 0. The van der Waals surface area contributed by atoms with Crippen LogP contribution in [0.25, 0.3) is 0 Å². The molecule has 0 aromatic heterocycles. The summed E-state index contributed by atoms with van der Waals surface area (Å²) in [6.07, 6.45) is 3.80. The van der Waals surface area contributed by atoms with Crippen LogP contribution in [-0.2, 0) is 0 Å². The average molecular weight is 496 g/mol. The SMILES string of the molecule is CCNC(=NCC(C)CN1CCN(CC)CC1)NC(C)CCCC(C)C.I. The Hall–Kier alpha value is -0.0800. The van der Waals surface area contributed by atoms with Crippen LogP contribution in [0.4, 0.5) is 0 Å². The second-order valence-electron chi connectivity index (χ2n) is 8.43. The van der Waals surface area contributed by atoms with Gasteiger partial charge in [0.25, 0.3) is 0 Å². The first-order valence-electron chi connectivity index (χ1n) is 10.9. The number of aliphatic imine (C=N–C) groups is 1. The van der Waals surface area contributed by atoms with Crippen molar-refractivity contribution in [3.8, 4) is 0 Å². The maximum atomic E-state index is 4.85. The largest absolute Gasteiger partial charge is 0.357 e. The predicted octanol–water partition coefficient (Wildman–Crippen LogP) is 3.65. The van der Waals surface area contributed by atoms with Crippen molar-refractivity contribution in [1.82, 2.24) is 20.4 Å². The number of halogens is 1. The Morgan fingerprint density at radius 1 is 0.963 bits per heavy atom. The summed E-state index contributed by atoms with van der Waals surface area (Å²) in [6.45, 7) is 22.6. The molecule has 1 heterocycles. The standard InChI is InChI=1S/C21H45N5.HI/c1-7-22-21(24-20(6)11-9-10-18(3)4)23-16-19(5)17-26-14-12-25(8-2)13-15-26;/h18-20H,7-17H2,1-6H3,(H2,22,23,24);1H. The number of nitrogens with one attached hydrogen (secondary N) is 2. The van der Waals surface area contributed by atoms with E-state index >= 15 is 0 Å². The van der Waals surface area contributed by atoms with Crippen LogP contribution >= 0.6 is 24.0 Å². The minimum absolute atomic E-state index is 0. The Morgan fingerprint density at radius 2 is 1.59 bits per heavy atom. The van der Waals surface area contributed by atoms with Gasteiger partial charge in [-0.3, -0.25) is 4.99 Å². The first-order valence-corrected chi connectivity index (χ1v) is 10.9. The van der Waals surface area contributed by atoms with E-state index in [0.717, 1.165) is 31.5 Å². The highest BCUT2D eigenvalue weighted by atomic mass is 127. The van der Waals surface area contributed by atoms with E-state index < -0.39 is 0 Å². The van der Waals surface area contributed by atoms with Gasteiger partial charge in [-0.1, -0.05) is 40.5 Å². The number of hydrogen-bond donors (Lipinski definition) is 2. The molecule has 0 aliphatic carbocycles. The molecule has 5 nitrogen and oxygen atoms in total. The van der Waals surface area contributed by atoms with Gasteiger partial charge in [-0.2, -0.15) is 0 Å². The zero-order valence-corrected chi connectivity index (χ0v) is 21.1. The van der Waals surface area contributed by atoms with Crippen molar-refractivity contribution in [2.45, 2.75) is 66.8 Å². The molecule has 2 N–H and O–H groups in total. The van der Waals surface area contributed by atoms with Gasteiger partial charge in [0.15, 0.2) is 5.96 Å². The summed E-state index contributed by atoms with van der Waals surface area (Å²) < 4.78 is 0. The van der Waals surface area contributed by atoms with Gasteiger partial charge >= 0.3 is 0 Å². The lowest BCUT2D eigenvalue weighted by atomic mass is 10.0. The van der Waals surface area contributed by atoms with E-state index in [-0.39, 0.29) is 24.0 Å². The maximum Gasteiger partial charge on any atom is 0.191 e. The smallest absolute Gasteiger partial charge is 0.191 e. The number of likely N-dealkylation sites (N-methyl/N-ethyl adjacent to an activating group) is 1. The molecule has 2 atom stereocenters. The fourth-order valence-corrected chi connectivity index (χ4v) is 3.49. The highest BCUT2D eigenvalue weighted by Gasteiger charge is 2.17. The molecule has 0 aromatic rings. The van der Waals surface area contributed by atoms with Crippen molar-refractivity contribution < 1.29 is 0 Å². The second-order valence-corrected chi connectivity index (χ2v) is 8.43. The lowest BCUT2D eigenvalue weighted by Gasteiger charge is -2.35. The normalized spacial score (nSPS) is 18.9. The van der Waals surface area contributed by atoms with Crippen LogP contribution in [0.1, 0.15) is 60.8 Å². The predicted molar refractivity (Wildman–Crippen MR) is 130 cm³/mol. The van der Waals surface area contributed by atoms with Gasteiger partial charge in [0.2, 0.25) is 0 Å². The van der Waals surface area contributed by atoms with E-state index in [1.54, 1.807) is 0 Å². The van der Waals surface area contributed by atoms with Crippen molar-refractivity contribution in [1.29, 1.82) is 0 Å².